The summed E-state index contributed by atoms with van der Waals surface area (Å²) in [6.07, 6.45) is 9.93. The summed E-state index contributed by atoms with van der Waals surface area (Å²) in [7, 11) is 0. The Morgan fingerprint density at radius 3 is 1.73 bits per heavy atom. The first kappa shape index (κ1) is 30.4. The number of amides is 1. The highest BCUT2D eigenvalue weighted by atomic mass is 32.9. The van der Waals surface area contributed by atoms with Gasteiger partial charge in [-0.25, -0.2) is 0 Å². The highest BCUT2D eigenvalue weighted by molar-refractivity contribution is 8.67. The largest absolute Gasteiger partial charge is 0.343 e. The summed E-state index contributed by atoms with van der Waals surface area (Å²) in [5.41, 5.74) is -2.38. The molecule has 0 aromatic heterocycles. The smallest absolute Gasteiger partial charge is 0.247 e. The lowest BCUT2D eigenvalue weighted by molar-refractivity contribution is -0.130. The Labute approximate surface area is 196 Å². The van der Waals surface area contributed by atoms with Crippen LogP contribution < -0.4 is 0 Å². The topological polar surface area (TPSA) is 38.8 Å². The lowest BCUT2D eigenvalue weighted by Crippen LogP contribution is -2.30. The van der Waals surface area contributed by atoms with Gasteiger partial charge < -0.3 is 13.9 Å². The second-order valence-electron chi connectivity index (χ2n) is 8.75. The summed E-state index contributed by atoms with van der Waals surface area (Å²) in [5, 5.41) is 0. The first-order valence-electron chi connectivity index (χ1n) is 12.1. The average molecular weight is 482 g/mol. The minimum absolute atomic E-state index is 0.191. The zero-order valence-electron chi connectivity index (χ0n) is 20.5. The summed E-state index contributed by atoms with van der Waals surface area (Å²) >= 11 is 7.38. The minimum Gasteiger partial charge on any atom is -0.343 e. The Morgan fingerprint density at radius 1 is 0.867 bits per heavy atom. The minimum atomic E-state index is -2.38. The van der Waals surface area contributed by atoms with Gasteiger partial charge in [0.25, 0.3) is 0 Å². The molecule has 180 valence electrons. The maximum Gasteiger partial charge on any atom is 0.247 e. The molecule has 0 unspecified atom stereocenters. The second kappa shape index (κ2) is 18.9. The molecule has 7 heteroatoms. The van der Waals surface area contributed by atoms with Gasteiger partial charge in [0.15, 0.2) is 0 Å². The van der Waals surface area contributed by atoms with Gasteiger partial charge in [0.1, 0.15) is 0 Å². The molecule has 0 fully saturated rings. The second-order valence-corrected chi connectivity index (χ2v) is 15.2. The fraction of sp³-hybridized carbons (Fsp3) is 0.957. The lowest BCUT2D eigenvalue weighted by Gasteiger charge is -2.23. The highest BCUT2D eigenvalue weighted by Gasteiger charge is 2.21. The number of rotatable bonds is 20. The lowest BCUT2D eigenvalue weighted by atomic mass is 10.1. The molecule has 4 nitrogen and oxygen atoms in total. The highest BCUT2D eigenvalue weighted by Crippen LogP contribution is 2.61. The molecular weight excluding hydrogens is 433 g/mol. The summed E-state index contributed by atoms with van der Waals surface area (Å²) in [4.78, 5) is 14.1. The number of carbonyl (C=O) groups excluding carboxylic acids is 1. The third-order valence-electron chi connectivity index (χ3n) is 5.03. The van der Waals surface area contributed by atoms with Crippen molar-refractivity contribution in [1.29, 1.82) is 0 Å². The molecule has 0 aromatic carbocycles. The van der Waals surface area contributed by atoms with Crippen molar-refractivity contribution in [1.82, 2.24) is 4.90 Å². The fourth-order valence-electron chi connectivity index (χ4n) is 3.11. The van der Waals surface area contributed by atoms with E-state index in [4.69, 9.17) is 20.9 Å². The molecule has 0 N–H and O–H groups in total. The van der Waals surface area contributed by atoms with Gasteiger partial charge >= 0.3 is 0 Å². The molecule has 30 heavy (non-hydrogen) atoms. The SMILES string of the molecule is CCN(CC)C(=O)CCSP(=S)(OCCCCCC(C)C)OCCCCCC(C)C. The Kier molecular flexibility index (Phi) is 19.2. The van der Waals surface area contributed by atoms with Crippen molar-refractivity contribution in [3.05, 3.63) is 0 Å². The van der Waals surface area contributed by atoms with E-state index in [2.05, 4.69) is 27.7 Å². The van der Waals surface area contributed by atoms with E-state index < -0.39 is 5.69 Å². The summed E-state index contributed by atoms with van der Waals surface area (Å²) in [5.74, 6) is 2.38. The third-order valence-corrected chi connectivity index (χ3v) is 10.4. The quantitative estimate of drug-likeness (QED) is 0.132. The summed E-state index contributed by atoms with van der Waals surface area (Å²) in [6, 6.07) is 0. The molecule has 0 aliphatic heterocycles. The first-order valence-corrected chi connectivity index (χ1v) is 16.3. The predicted molar refractivity (Wildman–Crippen MR) is 138 cm³/mol. The molecule has 0 saturated carbocycles. The van der Waals surface area contributed by atoms with Crippen LogP contribution in [0.5, 0.6) is 0 Å². The molecular formula is C23H48NO3PS2. The van der Waals surface area contributed by atoms with Gasteiger partial charge in [-0.1, -0.05) is 77.6 Å². The van der Waals surface area contributed by atoms with Crippen LogP contribution in [0.2, 0.25) is 0 Å². The van der Waals surface area contributed by atoms with Gasteiger partial charge in [-0.3, -0.25) is 4.79 Å². The van der Waals surface area contributed by atoms with Gasteiger partial charge in [-0.15, -0.1) is 0 Å². The van der Waals surface area contributed by atoms with Crippen molar-refractivity contribution in [2.45, 2.75) is 99.3 Å². The summed E-state index contributed by atoms with van der Waals surface area (Å²) < 4.78 is 12.2. The van der Waals surface area contributed by atoms with Crippen LogP contribution in [0.3, 0.4) is 0 Å². The number of unbranched alkanes of at least 4 members (excludes halogenated alkanes) is 4. The van der Waals surface area contributed by atoms with Crippen LogP contribution in [0.4, 0.5) is 0 Å². The van der Waals surface area contributed by atoms with Crippen LogP contribution in [0.25, 0.3) is 0 Å². The van der Waals surface area contributed by atoms with Crippen molar-refractivity contribution >= 4 is 34.8 Å². The van der Waals surface area contributed by atoms with Gasteiger partial charge in [0, 0.05) is 25.3 Å². The molecule has 0 saturated heterocycles. The van der Waals surface area contributed by atoms with Crippen molar-refractivity contribution < 1.29 is 13.8 Å². The molecule has 0 rings (SSSR count). The zero-order chi connectivity index (χ0) is 22.8. The van der Waals surface area contributed by atoms with Gasteiger partial charge in [0.2, 0.25) is 11.6 Å². The molecule has 0 aromatic rings. The van der Waals surface area contributed by atoms with E-state index in [1.54, 1.807) is 11.4 Å². The number of hydrogen-bond acceptors (Lipinski definition) is 5. The van der Waals surface area contributed by atoms with Crippen LogP contribution in [-0.4, -0.2) is 42.9 Å². The van der Waals surface area contributed by atoms with Crippen LogP contribution in [0, 0.1) is 11.8 Å². The van der Waals surface area contributed by atoms with E-state index in [1.807, 2.05) is 18.7 Å². The van der Waals surface area contributed by atoms with Crippen LogP contribution in [0.15, 0.2) is 0 Å². The van der Waals surface area contributed by atoms with Crippen molar-refractivity contribution in [2.75, 3.05) is 32.1 Å². The van der Waals surface area contributed by atoms with Crippen LogP contribution >= 0.6 is 17.1 Å². The number of carbonyl (C=O) groups is 1. The van der Waals surface area contributed by atoms with E-state index in [0.717, 1.165) is 37.8 Å². The molecule has 0 bridgehead atoms. The summed E-state index contributed by atoms with van der Waals surface area (Å²) in [6.45, 7) is 15.9. The number of hydrogen-bond donors (Lipinski definition) is 0. The molecule has 0 heterocycles. The molecule has 0 aliphatic carbocycles. The number of nitrogens with zero attached hydrogens (tertiary/aromatic N) is 1. The van der Waals surface area contributed by atoms with E-state index >= 15 is 0 Å². The first-order chi connectivity index (χ1) is 14.2. The predicted octanol–water partition coefficient (Wildman–Crippen LogP) is 7.67. The van der Waals surface area contributed by atoms with Gasteiger partial charge in [-0.2, -0.15) is 0 Å². The van der Waals surface area contributed by atoms with E-state index in [1.165, 1.54) is 38.5 Å². The molecule has 0 radical (unpaired) electrons. The molecule has 1 amide bonds. The Morgan fingerprint density at radius 2 is 1.33 bits per heavy atom. The van der Waals surface area contributed by atoms with E-state index in [0.29, 0.717) is 25.4 Å². The molecule has 0 aliphatic rings. The van der Waals surface area contributed by atoms with Crippen molar-refractivity contribution in [2.24, 2.45) is 11.8 Å². The molecule has 0 spiro atoms. The van der Waals surface area contributed by atoms with E-state index in [-0.39, 0.29) is 5.91 Å². The van der Waals surface area contributed by atoms with Crippen molar-refractivity contribution in [3.63, 3.8) is 0 Å². The van der Waals surface area contributed by atoms with Crippen LogP contribution in [-0.2, 0) is 25.6 Å². The average Bonchev–Trinajstić information content (AvgIpc) is 2.68. The van der Waals surface area contributed by atoms with Crippen molar-refractivity contribution in [3.8, 4) is 0 Å². The normalized spacial score (nSPS) is 12.1. The molecule has 0 atom stereocenters. The van der Waals surface area contributed by atoms with Gasteiger partial charge in [0.05, 0.1) is 13.2 Å². The zero-order valence-corrected chi connectivity index (χ0v) is 23.0. The monoisotopic (exact) mass is 481 g/mol. The Balaban J connectivity index is 4.40. The van der Waals surface area contributed by atoms with E-state index in [9.17, 15) is 4.79 Å². The fourth-order valence-corrected chi connectivity index (χ4v) is 7.48. The Hall–Kier alpha value is 0.390. The standard InChI is InChI=1S/C23H48NO3PS2/c1-7-24(8-2)23(25)17-20-30-28(29,26-18-13-9-11-15-21(3)4)27-19-14-10-12-16-22(5)6/h21-22H,7-20H2,1-6H3. The maximum atomic E-state index is 12.3. The van der Waals surface area contributed by atoms with Gasteiger partial charge in [-0.05, 0) is 50.3 Å². The maximum absolute atomic E-state index is 12.3. The third kappa shape index (κ3) is 17.0. The Bertz CT molecular complexity index is 447. The van der Waals surface area contributed by atoms with Crippen LogP contribution in [0.1, 0.15) is 99.3 Å².